The largest absolute Gasteiger partial charge is 0.493 e. The van der Waals surface area contributed by atoms with Gasteiger partial charge in [0.25, 0.3) is 0 Å². The van der Waals surface area contributed by atoms with Crippen LogP contribution in [0.3, 0.4) is 0 Å². The lowest BCUT2D eigenvalue weighted by atomic mass is 10.1. The van der Waals surface area contributed by atoms with E-state index in [-0.39, 0.29) is 6.04 Å². The van der Waals surface area contributed by atoms with Crippen LogP contribution in [0.15, 0.2) is 18.2 Å². The average Bonchev–Trinajstić information content (AvgIpc) is 2.34. The van der Waals surface area contributed by atoms with Gasteiger partial charge < -0.3 is 15.2 Å². The van der Waals surface area contributed by atoms with Crippen LogP contribution < -0.4 is 15.2 Å². The van der Waals surface area contributed by atoms with Crippen LogP contribution in [0.5, 0.6) is 11.5 Å². The number of hydrogen-bond donors (Lipinski definition) is 1. The van der Waals surface area contributed by atoms with Gasteiger partial charge in [0.15, 0.2) is 11.5 Å². The third-order valence-corrected chi connectivity index (χ3v) is 2.40. The van der Waals surface area contributed by atoms with Gasteiger partial charge in [-0.05, 0) is 31.0 Å². The summed E-state index contributed by atoms with van der Waals surface area (Å²) in [5.74, 6) is 1.37. The molecule has 0 fully saturated rings. The number of rotatable bonds is 6. The van der Waals surface area contributed by atoms with E-state index in [0.29, 0.717) is 30.9 Å². The highest BCUT2D eigenvalue weighted by molar-refractivity contribution is 5.43. The first kappa shape index (κ1) is 13.3. The molecule has 0 amide bonds. The van der Waals surface area contributed by atoms with Crippen molar-refractivity contribution < 1.29 is 9.47 Å². The molecule has 0 aliphatic carbocycles. The summed E-state index contributed by atoms with van der Waals surface area (Å²) in [6, 6.07) is 7.70. The van der Waals surface area contributed by atoms with E-state index in [1.807, 2.05) is 25.1 Å². The molecule has 0 saturated heterocycles. The zero-order valence-electron chi connectivity index (χ0n) is 10.3. The Morgan fingerprint density at radius 2 is 2.18 bits per heavy atom. The Morgan fingerprint density at radius 3 is 2.76 bits per heavy atom. The average molecular weight is 234 g/mol. The second-order valence-corrected chi connectivity index (χ2v) is 3.81. The molecule has 0 aromatic heterocycles. The summed E-state index contributed by atoms with van der Waals surface area (Å²) >= 11 is 0. The molecule has 0 spiro atoms. The molecule has 0 bridgehead atoms. The minimum atomic E-state index is -0.0310. The summed E-state index contributed by atoms with van der Waals surface area (Å²) in [5.41, 5.74) is 6.80. The Bertz CT molecular complexity index is 397. The van der Waals surface area contributed by atoms with Gasteiger partial charge in [0.1, 0.15) is 0 Å². The van der Waals surface area contributed by atoms with Crippen LogP contribution >= 0.6 is 0 Å². The number of nitrogens with zero attached hydrogens (tertiary/aromatic N) is 1. The van der Waals surface area contributed by atoms with Gasteiger partial charge in [-0.1, -0.05) is 6.07 Å². The van der Waals surface area contributed by atoms with E-state index < -0.39 is 0 Å². The number of ether oxygens (including phenoxy) is 2. The maximum Gasteiger partial charge on any atom is 0.161 e. The lowest BCUT2D eigenvalue weighted by molar-refractivity contribution is 0.290. The lowest BCUT2D eigenvalue weighted by Crippen LogP contribution is -2.06. The van der Waals surface area contributed by atoms with Crippen molar-refractivity contribution in [2.45, 2.75) is 25.8 Å². The van der Waals surface area contributed by atoms with Gasteiger partial charge in [0.05, 0.1) is 19.8 Å². The van der Waals surface area contributed by atoms with E-state index in [1.165, 1.54) is 0 Å². The predicted octanol–water partition coefficient (Wildman–Crippen LogP) is 2.40. The summed E-state index contributed by atoms with van der Waals surface area (Å²) in [6.07, 6.45) is 1.22. The Morgan fingerprint density at radius 1 is 1.41 bits per heavy atom. The highest BCUT2D eigenvalue weighted by Gasteiger charge is 2.07. The summed E-state index contributed by atoms with van der Waals surface area (Å²) in [6.45, 7) is 2.43. The summed E-state index contributed by atoms with van der Waals surface area (Å²) in [4.78, 5) is 0. The Kier molecular flexibility index (Phi) is 5.31. The van der Waals surface area contributed by atoms with Gasteiger partial charge in [-0.25, -0.2) is 0 Å². The van der Waals surface area contributed by atoms with Gasteiger partial charge >= 0.3 is 0 Å². The lowest BCUT2D eigenvalue weighted by Gasteiger charge is -2.13. The number of unbranched alkanes of at least 4 members (excludes halogenated alkanes) is 1. The van der Waals surface area contributed by atoms with Crippen LogP contribution in [0.4, 0.5) is 0 Å². The summed E-state index contributed by atoms with van der Waals surface area (Å²) in [5, 5.41) is 8.42. The SMILES string of the molecule is COc1cc([C@@H](C)N)ccc1OCCCC#N. The Labute approximate surface area is 102 Å². The molecule has 17 heavy (non-hydrogen) atoms. The predicted molar refractivity (Wildman–Crippen MR) is 65.9 cm³/mol. The van der Waals surface area contributed by atoms with Crippen molar-refractivity contribution in [1.82, 2.24) is 0 Å². The molecular weight excluding hydrogens is 216 g/mol. The fourth-order valence-electron chi connectivity index (χ4n) is 1.42. The van der Waals surface area contributed by atoms with E-state index in [4.69, 9.17) is 20.5 Å². The Balaban J connectivity index is 2.69. The van der Waals surface area contributed by atoms with Gasteiger partial charge in [0.2, 0.25) is 0 Å². The van der Waals surface area contributed by atoms with Crippen LogP contribution in [-0.2, 0) is 0 Å². The monoisotopic (exact) mass is 234 g/mol. The van der Waals surface area contributed by atoms with E-state index >= 15 is 0 Å². The standard InChI is InChI=1S/C13H18N2O2/c1-10(15)11-5-6-12(13(9-11)16-2)17-8-4-3-7-14/h5-6,9-10H,3-4,8,15H2,1-2H3/t10-/m1/s1. The third kappa shape index (κ3) is 3.97. The third-order valence-electron chi connectivity index (χ3n) is 2.40. The molecule has 0 radical (unpaired) electrons. The highest BCUT2D eigenvalue weighted by Crippen LogP contribution is 2.29. The first-order chi connectivity index (χ1) is 8.19. The highest BCUT2D eigenvalue weighted by atomic mass is 16.5. The maximum absolute atomic E-state index is 8.42. The first-order valence-electron chi connectivity index (χ1n) is 5.62. The molecule has 1 atom stereocenters. The van der Waals surface area contributed by atoms with Crippen LogP contribution in [0.2, 0.25) is 0 Å². The molecule has 0 unspecified atom stereocenters. The molecule has 92 valence electrons. The minimum absolute atomic E-state index is 0.0310. The normalized spacial score (nSPS) is 11.6. The number of methoxy groups -OCH3 is 1. The second-order valence-electron chi connectivity index (χ2n) is 3.81. The van der Waals surface area contributed by atoms with Gasteiger partial charge in [0, 0.05) is 12.5 Å². The van der Waals surface area contributed by atoms with Gasteiger partial charge in [-0.15, -0.1) is 0 Å². The molecule has 1 rings (SSSR count). The molecule has 2 N–H and O–H groups in total. The molecule has 0 aliphatic rings. The molecule has 1 aromatic rings. The number of nitrogens with two attached hydrogens (primary N) is 1. The van der Waals surface area contributed by atoms with Crippen molar-refractivity contribution >= 4 is 0 Å². The topological polar surface area (TPSA) is 68.3 Å². The zero-order valence-corrected chi connectivity index (χ0v) is 10.3. The van der Waals surface area contributed by atoms with Crippen molar-refractivity contribution in [1.29, 1.82) is 5.26 Å². The van der Waals surface area contributed by atoms with Crippen molar-refractivity contribution in [3.05, 3.63) is 23.8 Å². The van der Waals surface area contributed by atoms with Crippen LogP contribution in [0, 0.1) is 11.3 Å². The molecule has 1 aromatic carbocycles. The molecular formula is C13H18N2O2. The van der Waals surface area contributed by atoms with Crippen molar-refractivity contribution in [2.75, 3.05) is 13.7 Å². The zero-order chi connectivity index (χ0) is 12.7. The maximum atomic E-state index is 8.42. The summed E-state index contributed by atoms with van der Waals surface area (Å²) in [7, 11) is 1.60. The van der Waals surface area contributed by atoms with Gasteiger partial charge in [-0.2, -0.15) is 5.26 Å². The van der Waals surface area contributed by atoms with Crippen LogP contribution in [-0.4, -0.2) is 13.7 Å². The number of nitriles is 1. The van der Waals surface area contributed by atoms with Gasteiger partial charge in [-0.3, -0.25) is 0 Å². The van der Waals surface area contributed by atoms with Crippen molar-refractivity contribution in [3.63, 3.8) is 0 Å². The van der Waals surface area contributed by atoms with Crippen molar-refractivity contribution in [2.24, 2.45) is 5.73 Å². The number of benzene rings is 1. The molecule has 4 nitrogen and oxygen atoms in total. The number of hydrogen-bond acceptors (Lipinski definition) is 4. The molecule has 0 aliphatic heterocycles. The van der Waals surface area contributed by atoms with E-state index in [0.717, 1.165) is 5.56 Å². The van der Waals surface area contributed by atoms with E-state index in [1.54, 1.807) is 7.11 Å². The minimum Gasteiger partial charge on any atom is -0.493 e. The van der Waals surface area contributed by atoms with Crippen LogP contribution in [0.1, 0.15) is 31.4 Å². The Hall–Kier alpha value is -1.73. The fourth-order valence-corrected chi connectivity index (χ4v) is 1.42. The fraction of sp³-hybridized carbons (Fsp3) is 0.462. The molecule has 0 saturated carbocycles. The van der Waals surface area contributed by atoms with Crippen molar-refractivity contribution in [3.8, 4) is 17.6 Å². The van der Waals surface area contributed by atoms with Crippen LogP contribution in [0.25, 0.3) is 0 Å². The first-order valence-corrected chi connectivity index (χ1v) is 5.62. The molecule has 4 heteroatoms. The summed E-state index contributed by atoms with van der Waals surface area (Å²) < 4.78 is 10.8. The smallest absolute Gasteiger partial charge is 0.161 e. The molecule has 0 heterocycles. The van der Waals surface area contributed by atoms with E-state index in [9.17, 15) is 0 Å². The second kappa shape index (κ2) is 6.77. The quantitative estimate of drug-likeness (QED) is 0.767. The van der Waals surface area contributed by atoms with E-state index in [2.05, 4.69) is 6.07 Å².